The van der Waals surface area contributed by atoms with Gasteiger partial charge in [0.25, 0.3) is 5.56 Å². The first-order valence-corrected chi connectivity index (χ1v) is 10.4. The third kappa shape index (κ3) is 3.65. The van der Waals surface area contributed by atoms with Crippen molar-refractivity contribution in [1.29, 1.82) is 0 Å². The monoisotopic (exact) mass is 374 g/mol. The quantitative estimate of drug-likeness (QED) is 0.790. The standard InChI is InChI=1S/C20H27ClN4O/c21-18-20(26)25(17-9-6-12-22-19(17)23-18)16-10-13-24(14-11-16)15-7-4-2-1-3-5-8-15/h6,9,12,15-16H,1-5,7-8,10-11,13-14H2. The first-order valence-electron chi connectivity index (χ1n) is 10.0. The average Bonchev–Trinajstić information content (AvgIpc) is 2.63. The second-order valence-electron chi connectivity index (χ2n) is 7.69. The summed E-state index contributed by atoms with van der Waals surface area (Å²) in [5.74, 6) is 0. The second-order valence-corrected chi connectivity index (χ2v) is 8.05. The van der Waals surface area contributed by atoms with Crippen molar-refractivity contribution in [2.24, 2.45) is 0 Å². The maximum Gasteiger partial charge on any atom is 0.289 e. The fourth-order valence-electron chi connectivity index (χ4n) is 4.68. The number of piperidine rings is 1. The number of nitrogens with zero attached hydrogens (tertiary/aromatic N) is 4. The molecule has 1 saturated heterocycles. The van der Waals surface area contributed by atoms with E-state index in [0.29, 0.717) is 5.65 Å². The van der Waals surface area contributed by atoms with Crippen molar-refractivity contribution >= 4 is 22.8 Å². The highest BCUT2D eigenvalue weighted by molar-refractivity contribution is 6.29. The van der Waals surface area contributed by atoms with Crippen LogP contribution in [0.4, 0.5) is 0 Å². The predicted molar refractivity (Wildman–Crippen MR) is 105 cm³/mol. The molecular weight excluding hydrogens is 348 g/mol. The van der Waals surface area contributed by atoms with Gasteiger partial charge in [-0.2, -0.15) is 0 Å². The summed E-state index contributed by atoms with van der Waals surface area (Å²) in [4.78, 5) is 23.8. The van der Waals surface area contributed by atoms with E-state index in [4.69, 9.17) is 11.6 Å². The molecule has 0 bridgehead atoms. The van der Waals surface area contributed by atoms with E-state index in [2.05, 4.69) is 14.9 Å². The molecule has 1 aliphatic heterocycles. The predicted octanol–water partition coefficient (Wildman–Crippen LogP) is 4.19. The van der Waals surface area contributed by atoms with Crippen molar-refractivity contribution in [2.45, 2.75) is 69.9 Å². The van der Waals surface area contributed by atoms with Gasteiger partial charge in [-0.15, -0.1) is 0 Å². The van der Waals surface area contributed by atoms with Crippen molar-refractivity contribution < 1.29 is 0 Å². The van der Waals surface area contributed by atoms with Crippen molar-refractivity contribution in [2.75, 3.05) is 13.1 Å². The first-order chi connectivity index (χ1) is 12.7. The van der Waals surface area contributed by atoms with E-state index >= 15 is 0 Å². The first kappa shape index (κ1) is 17.9. The Labute approximate surface area is 159 Å². The van der Waals surface area contributed by atoms with Gasteiger partial charge in [0.15, 0.2) is 10.8 Å². The van der Waals surface area contributed by atoms with E-state index in [1.807, 2.05) is 16.7 Å². The molecular formula is C20H27ClN4O. The fourth-order valence-corrected chi connectivity index (χ4v) is 4.85. The summed E-state index contributed by atoms with van der Waals surface area (Å²) in [7, 11) is 0. The van der Waals surface area contributed by atoms with Crippen molar-refractivity contribution in [3.8, 4) is 0 Å². The molecule has 140 valence electrons. The van der Waals surface area contributed by atoms with Gasteiger partial charge in [-0.1, -0.05) is 43.7 Å². The maximum absolute atomic E-state index is 12.7. The summed E-state index contributed by atoms with van der Waals surface area (Å²) in [6.07, 6.45) is 13.2. The van der Waals surface area contributed by atoms with Crippen LogP contribution in [0.15, 0.2) is 23.1 Å². The van der Waals surface area contributed by atoms with Gasteiger partial charge >= 0.3 is 0 Å². The molecule has 1 saturated carbocycles. The van der Waals surface area contributed by atoms with Crippen LogP contribution in [0, 0.1) is 0 Å². The van der Waals surface area contributed by atoms with Gasteiger partial charge in [-0.3, -0.25) is 9.36 Å². The highest BCUT2D eigenvalue weighted by Crippen LogP contribution is 2.29. The molecule has 2 fully saturated rings. The Balaban J connectivity index is 1.52. The Kier molecular flexibility index (Phi) is 5.55. The van der Waals surface area contributed by atoms with Gasteiger partial charge in [0.05, 0.1) is 5.52 Å². The van der Waals surface area contributed by atoms with Crippen LogP contribution in [-0.2, 0) is 0 Å². The zero-order valence-electron chi connectivity index (χ0n) is 15.2. The number of rotatable bonds is 2. The van der Waals surface area contributed by atoms with E-state index in [1.54, 1.807) is 6.20 Å². The second kappa shape index (κ2) is 8.05. The number of hydrogen-bond donors (Lipinski definition) is 0. The molecule has 1 aliphatic carbocycles. The van der Waals surface area contributed by atoms with Crippen LogP contribution >= 0.6 is 11.6 Å². The molecule has 2 aromatic rings. The number of halogens is 1. The summed E-state index contributed by atoms with van der Waals surface area (Å²) >= 11 is 6.10. The topological polar surface area (TPSA) is 51.0 Å². The number of likely N-dealkylation sites (tertiary alicyclic amines) is 1. The minimum absolute atomic E-state index is 0.0265. The lowest BCUT2D eigenvalue weighted by molar-refractivity contribution is 0.116. The van der Waals surface area contributed by atoms with E-state index in [-0.39, 0.29) is 16.8 Å². The van der Waals surface area contributed by atoms with E-state index < -0.39 is 0 Å². The molecule has 26 heavy (non-hydrogen) atoms. The molecule has 0 unspecified atom stereocenters. The van der Waals surface area contributed by atoms with Crippen molar-refractivity contribution in [3.05, 3.63) is 33.8 Å². The third-order valence-corrected chi connectivity index (χ3v) is 6.33. The lowest BCUT2D eigenvalue weighted by atomic mass is 9.93. The van der Waals surface area contributed by atoms with Gasteiger partial charge < -0.3 is 4.90 Å². The van der Waals surface area contributed by atoms with E-state index in [0.717, 1.165) is 37.5 Å². The van der Waals surface area contributed by atoms with Gasteiger partial charge in [0, 0.05) is 31.4 Å². The Morgan fingerprint density at radius 2 is 1.65 bits per heavy atom. The molecule has 0 spiro atoms. The van der Waals surface area contributed by atoms with Crippen LogP contribution in [-0.4, -0.2) is 38.6 Å². The molecule has 0 aromatic carbocycles. The molecule has 2 aromatic heterocycles. The van der Waals surface area contributed by atoms with Gasteiger partial charge in [-0.25, -0.2) is 9.97 Å². The minimum atomic E-state index is -0.184. The Morgan fingerprint density at radius 3 is 2.38 bits per heavy atom. The average molecular weight is 375 g/mol. The molecule has 0 atom stereocenters. The number of aromatic nitrogens is 3. The summed E-state index contributed by atoms with van der Waals surface area (Å²) in [6.45, 7) is 2.12. The van der Waals surface area contributed by atoms with Gasteiger partial charge in [0.2, 0.25) is 0 Å². The van der Waals surface area contributed by atoms with Crippen LogP contribution in [0.3, 0.4) is 0 Å². The maximum atomic E-state index is 12.7. The Morgan fingerprint density at radius 1 is 0.962 bits per heavy atom. The largest absolute Gasteiger partial charge is 0.300 e. The van der Waals surface area contributed by atoms with Crippen LogP contribution in [0.2, 0.25) is 5.15 Å². The number of fused-ring (bicyclic) bond motifs is 1. The van der Waals surface area contributed by atoms with Crippen LogP contribution in [0.1, 0.15) is 63.8 Å². The molecule has 4 rings (SSSR count). The van der Waals surface area contributed by atoms with E-state index in [1.165, 1.54) is 44.9 Å². The Bertz CT molecular complexity index is 805. The lowest BCUT2D eigenvalue weighted by Gasteiger charge is -2.39. The highest BCUT2D eigenvalue weighted by atomic mass is 35.5. The molecule has 0 amide bonds. The van der Waals surface area contributed by atoms with Crippen molar-refractivity contribution in [1.82, 2.24) is 19.4 Å². The molecule has 5 nitrogen and oxygen atoms in total. The molecule has 6 heteroatoms. The minimum Gasteiger partial charge on any atom is -0.300 e. The summed E-state index contributed by atoms with van der Waals surface area (Å²) in [5.41, 5.74) is 1.17. The Hall–Kier alpha value is -1.46. The normalized spacial score (nSPS) is 21.6. The van der Waals surface area contributed by atoms with Crippen LogP contribution < -0.4 is 5.56 Å². The smallest absolute Gasteiger partial charge is 0.289 e. The number of pyridine rings is 1. The van der Waals surface area contributed by atoms with Crippen LogP contribution in [0.5, 0.6) is 0 Å². The fraction of sp³-hybridized carbons (Fsp3) is 0.650. The summed E-state index contributed by atoms with van der Waals surface area (Å²) in [6, 6.07) is 4.69. The van der Waals surface area contributed by atoms with Gasteiger partial charge in [0.1, 0.15) is 0 Å². The molecule has 0 N–H and O–H groups in total. The van der Waals surface area contributed by atoms with Gasteiger partial charge in [-0.05, 0) is 37.8 Å². The van der Waals surface area contributed by atoms with Crippen LogP contribution in [0.25, 0.3) is 11.2 Å². The van der Waals surface area contributed by atoms with Crippen molar-refractivity contribution in [3.63, 3.8) is 0 Å². The highest BCUT2D eigenvalue weighted by Gasteiger charge is 2.28. The summed E-state index contributed by atoms with van der Waals surface area (Å²) < 4.78 is 1.84. The third-order valence-electron chi connectivity index (χ3n) is 6.08. The molecule has 3 heterocycles. The summed E-state index contributed by atoms with van der Waals surface area (Å²) in [5, 5.41) is 0.0265. The van der Waals surface area contributed by atoms with E-state index in [9.17, 15) is 4.79 Å². The zero-order valence-corrected chi connectivity index (χ0v) is 16.0. The number of hydrogen-bond acceptors (Lipinski definition) is 4. The lowest BCUT2D eigenvalue weighted by Crippen LogP contribution is -2.43. The zero-order chi connectivity index (χ0) is 17.9. The SMILES string of the molecule is O=c1c(Cl)nc2ncccc2n1C1CCN(C2CCCCCCC2)CC1. The molecule has 2 aliphatic rings. The molecule has 0 radical (unpaired) electrons.